The Balaban J connectivity index is 1.15. The number of alkyl carbamates (subject to hydrolysis) is 1. The number of carbonyl (C=O) groups is 3. The molecule has 0 bridgehead atoms. The van der Waals surface area contributed by atoms with Crippen LogP contribution in [0.5, 0.6) is 0 Å². The number of carboxylic acid groups (broad SMARTS) is 1. The number of aliphatic carboxylic acids is 1. The minimum Gasteiger partial charge on any atom is -0.479 e. The maximum atomic E-state index is 12.3. The molecule has 1 heterocycles. The summed E-state index contributed by atoms with van der Waals surface area (Å²) < 4.78 is 10.7. The van der Waals surface area contributed by atoms with Crippen LogP contribution in [0, 0.1) is 11.8 Å². The Bertz CT molecular complexity index is 1030. The van der Waals surface area contributed by atoms with Gasteiger partial charge < -0.3 is 25.2 Å². The predicted octanol–water partition coefficient (Wildman–Crippen LogP) is 3.55. The van der Waals surface area contributed by atoms with Crippen molar-refractivity contribution in [1.29, 1.82) is 0 Å². The molecule has 1 aliphatic carbocycles. The van der Waals surface area contributed by atoms with Crippen LogP contribution in [-0.4, -0.2) is 55.5 Å². The van der Waals surface area contributed by atoms with Crippen molar-refractivity contribution in [1.82, 2.24) is 10.6 Å². The van der Waals surface area contributed by atoms with Crippen molar-refractivity contribution < 1.29 is 29.0 Å². The van der Waals surface area contributed by atoms with Gasteiger partial charge in [0.05, 0.1) is 0 Å². The van der Waals surface area contributed by atoms with E-state index in [0.29, 0.717) is 32.4 Å². The van der Waals surface area contributed by atoms with E-state index in [1.807, 2.05) is 31.2 Å². The number of hydrogen-bond acceptors (Lipinski definition) is 5. The number of hydrogen-bond donors (Lipinski definition) is 3. The molecule has 0 radical (unpaired) electrons. The Kier molecular flexibility index (Phi) is 8.02. The first-order chi connectivity index (χ1) is 17.0. The molecule has 0 aromatic heterocycles. The molecule has 2 aliphatic rings. The molecule has 2 aromatic carbocycles. The van der Waals surface area contributed by atoms with Gasteiger partial charge in [0.15, 0.2) is 6.10 Å². The van der Waals surface area contributed by atoms with Crippen LogP contribution in [0.2, 0.25) is 0 Å². The Hall–Kier alpha value is -3.39. The van der Waals surface area contributed by atoms with Crippen LogP contribution in [0.3, 0.4) is 0 Å². The van der Waals surface area contributed by atoms with Gasteiger partial charge in [0.2, 0.25) is 5.91 Å². The van der Waals surface area contributed by atoms with E-state index in [0.717, 1.165) is 0 Å². The zero-order valence-corrected chi connectivity index (χ0v) is 19.9. The predicted molar refractivity (Wildman–Crippen MR) is 130 cm³/mol. The fourth-order valence-electron chi connectivity index (χ4n) is 4.90. The Morgan fingerprint density at radius 3 is 2.37 bits per heavy atom. The summed E-state index contributed by atoms with van der Waals surface area (Å²) in [5.41, 5.74) is 4.70. The third-order valence-electron chi connectivity index (χ3n) is 6.87. The summed E-state index contributed by atoms with van der Waals surface area (Å²) in [6, 6.07) is 16.4. The summed E-state index contributed by atoms with van der Waals surface area (Å²) in [4.78, 5) is 35.8. The summed E-state index contributed by atoms with van der Waals surface area (Å²) in [5, 5.41) is 14.8. The number of rotatable bonds is 10. The zero-order valence-electron chi connectivity index (χ0n) is 19.9. The lowest BCUT2D eigenvalue weighted by Crippen LogP contribution is -2.38. The molecule has 186 valence electrons. The molecule has 3 N–H and O–H groups in total. The standard InChI is InChI=1S/C27H32N2O6/c1-17(25(30)29-15-18-12-14-34-24(18)26(31)32)7-6-13-28-27(33)35-16-23-21-10-4-2-8-19(21)20-9-3-5-11-22(20)23/h2-5,8-11,17-18,23-24H,6-7,12-16H2,1H3,(H,28,33)(H,29,30)(H,31,32)/t17?,18-,24-/m0/s1. The van der Waals surface area contributed by atoms with E-state index < -0.39 is 18.2 Å². The number of carboxylic acids is 1. The number of nitrogens with one attached hydrogen (secondary N) is 2. The normalized spacial score (nSPS) is 19.5. The van der Waals surface area contributed by atoms with Crippen LogP contribution in [0.4, 0.5) is 4.79 Å². The van der Waals surface area contributed by atoms with Crippen LogP contribution in [-0.2, 0) is 19.1 Å². The van der Waals surface area contributed by atoms with E-state index in [1.165, 1.54) is 22.3 Å². The molecular formula is C27H32N2O6. The van der Waals surface area contributed by atoms with E-state index in [4.69, 9.17) is 14.6 Å². The van der Waals surface area contributed by atoms with Gasteiger partial charge >= 0.3 is 12.1 Å². The SMILES string of the molecule is CC(CCCNC(=O)OCC1c2ccccc2-c2ccccc21)C(=O)NC[C@@H]1CCO[C@@H]1C(=O)O. The number of carbonyl (C=O) groups excluding carboxylic acids is 2. The van der Waals surface area contributed by atoms with Crippen molar-refractivity contribution >= 4 is 18.0 Å². The highest BCUT2D eigenvalue weighted by atomic mass is 16.5. The average molecular weight is 481 g/mol. The van der Waals surface area contributed by atoms with Gasteiger partial charge in [0, 0.05) is 37.5 Å². The number of fused-ring (bicyclic) bond motifs is 3. The van der Waals surface area contributed by atoms with Gasteiger partial charge in [-0.2, -0.15) is 0 Å². The van der Waals surface area contributed by atoms with Crippen molar-refractivity contribution in [3.05, 3.63) is 59.7 Å². The van der Waals surface area contributed by atoms with E-state index >= 15 is 0 Å². The van der Waals surface area contributed by atoms with E-state index in [2.05, 4.69) is 34.9 Å². The third-order valence-corrected chi connectivity index (χ3v) is 6.87. The Morgan fingerprint density at radius 1 is 1.06 bits per heavy atom. The molecule has 0 saturated carbocycles. The monoisotopic (exact) mass is 480 g/mol. The quantitative estimate of drug-likeness (QED) is 0.448. The highest BCUT2D eigenvalue weighted by Crippen LogP contribution is 2.44. The maximum Gasteiger partial charge on any atom is 0.407 e. The lowest BCUT2D eigenvalue weighted by Gasteiger charge is -2.17. The summed E-state index contributed by atoms with van der Waals surface area (Å²) in [5.74, 6) is -1.55. The third kappa shape index (κ3) is 5.82. The second kappa shape index (κ2) is 11.4. The molecule has 35 heavy (non-hydrogen) atoms. The van der Waals surface area contributed by atoms with Crippen LogP contribution >= 0.6 is 0 Å². The minimum atomic E-state index is -0.992. The van der Waals surface area contributed by atoms with Crippen LogP contribution in [0.1, 0.15) is 43.2 Å². The summed E-state index contributed by atoms with van der Waals surface area (Å²) in [6.45, 7) is 3.18. The van der Waals surface area contributed by atoms with Crippen molar-refractivity contribution in [3.8, 4) is 11.1 Å². The highest BCUT2D eigenvalue weighted by Gasteiger charge is 2.34. The van der Waals surface area contributed by atoms with Crippen molar-refractivity contribution in [2.24, 2.45) is 11.8 Å². The molecule has 8 heteroatoms. The summed E-state index contributed by atoms with van der Waals surface area (Å²) >= 11 is 0. The van der Waals surface area contributed by atoms with E-state index in [-0.39, 0.29) is 36.8 Å². The number of amides is 2. The van der Waals surface area contributed by atoms with Gasteiger partial charge in [0.25, 0.3) is 0 Å². The van der Waals surface area contributed by atoms with Crippen LogP contribution < -0.4 is 10.6 Å². The second-order valence-corrected chi connectivity index (χ2v) is 9.22. The molecule has 8 nitrogen and oxygen atoms in total. The van der Waals surface area contributed by atoms with Gasteiger partial charge in [-0.05, 0) is 41.5 Å². The molecule has 1 aliphatic heterocycles. The minimum absolute atomic E-state index is 0.0165. The molecule has 3 atom stereocenters. The molecule has 2 aromatic rings. The summed E-state index contributed by atoms with van der Waals surface area (Å²) in [7, 11) is 0. The van der Waals surface area contributed by atoms with Crippen molar-refractivity contribution in [2.45, 2.75) is 38.2 Å². The Labute approximate surface area is 205 Å². The Morgan fingerprint density at radius 2 is 1.71 bits per heavy atom. The maximum absolute atomic E-state index is 12.3. The fraction of sp³-hybridized carbons (Fsp3) is 0.444. The molecule has 4 rings (SSSR count). The lowest BCUT2D eigenvalue weighted by atomic mass is 9.98. The molecular weight excluding hydrogens is 448 g/mol. The van der Waals surface area contributed by atoms with Crippen molar-refractivity contribution in [2.75, 3.05) is 26.3 Å². The fourth-order valence-corrected chi connectivity index (χ4v) is 4.90. The first-order valence-corrected chi connectivity index (χ1v) is 12.2. The molecule has 1 saturated heterocycles. The lowest BCUT2D eigenvalue weighted by molar-refractivity contribution is -0.149. The molecule has 1 unspecified atom stereocenters. The van der Waals surface area contributed by atoms with E-state index in [1.54, 1.807) is 0 Å². The average Bonchev–Trinajstić information content (AvgIpc) is 3.46. The summed E-state index contributed by atoms with van der Waals surface area (Å²) in [6.07, 6.45) is 0.523. The smallest absolute Gasteiger partial charge is 0.407 e. The highest BCUT2D eigenvalue weighted by molar-refractivity contribution is 5.79. The van der Waals surface area contributed by atoms with Gasteiger partial charge in [-0.15, -0.1) is 0 Å². The zero-order chi connectivity index (χ0) is 24.8. The van der Waals surface area contributed by atoms with Gasteiger partial charge in [-0.1, -0.05) is 55.5 Å². The molecule has 2 amide bonds. The second-order valence-electron chi connectivity index (χ2n) is 9.22. The number of benzene rings is 2. The van der Waals surface area contributed by atoms with Gasteiger partial charge in [-0.25, -0.2) is 9.59 Å². The van der Waals surface area contributed by atoms with Crippen molar-refractivity contribution in [3.63, 3.8) is 0 Å². The molecule has 0 spiro atoms. The van der Waals surface area contributed by atoms with Crippen LogP contribution in [0.15, 0.2) is 48.5 Å². The first kappa shape index (κ1) is 24.7. The molecule has 1 fully saturated rings. The number of ether oxygens (including phenoxy) is 2. The van der Waals surface area contributed by atoms with Gasteiger partial charge in [0.1, 0.15) is 6.61 Å². The van der Waals surface area contributed by atoms with E-state index in [9.17, 15) is 14.4 Å². The topological polar surface area (TPSA) is 114 Å². The first-order valence-electron chi connectivity index (χ1n) is 12.2. The largest absolute Gasteiger partial charge is 0.479 e. The van der Waals surface area contributed by atoms with Gasteiger partial charge in [-0.3, -0.25) is 4.79 Å². The van der Waals surface area contributed by atoms with Crippen LogP contribution in [0.25, 0.3) is 11.1 Å².